The van der Waals surface area contributed by atoms with E-state index in [1.807, 2.05) is 36.7 Å². The van der Waals surface area contributed by atoms with E-state index < -0.39 is 0 Å². The molecule has 0 bridgehead atoms. The molecular weight excluding hydrogens is 296 g/mol. The van der Waals surface area contributed by atoms with Gasteiger partial charge in [-0.05, 0) is 49.9 Å². The molecule has 0 unspecified atom stereocenters. The van der Waals surface area contributed by atoms with E-state index >= 15 is 0 Å². The van der Waals surface area contributed by atoms with Gasteiger partial charge in [-0.25, -0.2) is 0 Å². The highest BCUT2D eigenvalue weighted by molar-refractivity contribution is 7.99. The summed E-state index contributed by atoms with van der Waals surface area (Å²) in [4.78, 5) is 12.1. The van der Waals surface area contributed by atoms with E-state index in [1.165, 1.54) is 35.7 Å². The molecule has 1 aliphatic rings. The smallest absolute Gasteiger partial charge is 0.234 e. The third-order valence-electron chi connectivity index (χ3n) is 3.93. The Morgan fingerprint density at radius 2 is 2.09 bits per heavy atom. The maximum absolute atomic E-state index is 12.1. The lowest BCUT2D eigenvalue weighted by Crippen LogP contribution is -2.14. The number of benzene rings is 1. The summed E-state index contributed by atoms with van der Waals surface area (Å²) in [6, 6.07) is 5.94. The number of hydrogen-bond donors (Lipinski definition) is 1. The number of carbonyl (C=O) groups excluding carboxylic acids is 1. The zero-order valence-corrected chi connectivity index (χ0v) is 13.9. The predicted molar refractivity (Wildman–Crippen MR) is 88.2 cm³/mol. The van der Waals surface area contributed by atoms with Gasteiger partial charge in [-0.3, -0.25) is 4.79 Å². The third kappa shape index (κ3) is 3.32. The van der Waals surface area contributed by atoms with Gasteiger partial charge in [0.15, 0.2) is 5.16 Å². The minimum Gasteiger partial charge on any atom is -0.325 e. The van der Waals surface area contributed by atoms with Crippen molar-refractivity contribution < 1.29 is 4.79 Å². The van der Waals surface area contributed by atoms with Crippen LogP contribution < -0.4 is 5.32 Å². The number of hydrogen-bond acceptors (Lipinski definition) is 4. The second-order valence-electron chi connectivity index (χ2n) is 5.81. The predicted octanol–water partition coefficient (Wildman–Crippen LogP) is 3.04. The number of aryl methyl sites for hydroxylation is 2. The Morgan fingerprint density at radius 1 is 1.32 bits per heavy atom. The van der Waals surface area contributed by atoms with E-state index in [0.29, 0.717) is 11.7 Å². The largest absolute Gasteiger partial charge is 0.325 e. The molecule has 0 aliphatic heterocycles. The molecule has 1 N–H and O–H groups in total. The summed E-state index contributed by atoms with van der Waals surface area (Å²) in [5, 5.41) is 12.1. The van der Waals surface area contributed by atoms with Crippen molar-refractivity contribution in [2.75, 3.05) is 11.1 Å². The van der Waals surface area contributed by atoms with Gasteiger partial charge in [0.2, 0.25) is 5.91 Å². The van der Waals surface area contributed by atoms with Crippen molar-refractivity contribution in [3.8, 4) is 0 Å². The number of aromatic nitrogens is 3. The molecule has 2 aromatic rings. The van der Waals surface area contributed by atoms with Crippen molar-refractivity contribution in [2.45, 2.75) is 37.8 Å². The second-order valence-corrected chi connectivity index (χ2v) is 6.75. The lowest BCUT2D eigenvalue weighted by Gasteiger charge is -2.07. The van der Waals surface area contributed by atoms with Gasteiger partial charge < -0.3 is 9.88 Å². The quantitative estimate of drug-likeness (QED) is 0.861. The van der Waals surface area contributed by atoms with Crippen LogP contribution in [0, 0.1) is 13.8 Å². The highest BCUT2D eigenvalue weighted by Gasteiger charge is 2.29. The molecule has 22 heavy (non-hydrogen) atoms. The minimum atomic E-state index is -0.0239. The van der Waals surface area contributed by atoms with Crippen LogP contribution in [0.5, 0.6) is 0 Å². The van der Waals surface area contributed by atoms with E-state index in [4.69, 9.17) is 0 Å². The first-order chi connectivity index (χ1) is 10.5. The van der Waals surface area contributed by atoms with Crippen molar-refractivity contribution in [1.29, 1.82) is 0 Å². The number of anilines is 1. The monoisotopic (exact) mass is 316 g/mol. The number of rotatable bonds is 5. The molecule has 3 rings (SSSR count). The fourth-order valence-electron chi connectivity index (χ4n) is 2.30. The molecule has 1 aliphatic carbocycles. The first kappa shape index (κ1) is 15.1. The second kappa shape index (κ2) is 6.12. The molecule has 1 aromatic heterocycles. The van der Waals surface area contributed by atoms with Crippen LogP contribution >= 0.6 is 11.8 Å². The van der Waals surface area contributed by atoms with Gasteiger partial charge in [0, 0.05) is 18.7 Å². The van der Waals surface area contributed by atoms with Crippen molar-refractivity contribution in [1.82, 2.24) is 14.8 Å². The molecule has 1 amide bonds. The Balaban J connectivity index is 1.56. The molecule has 5 nitrogen and oxygen atoms in total. The fourth-order valence-corrected chi connectivity index (χ4v) is 3.01. The SMILES string of the molecule is Cc1ccc(NC(=O)CSc2nnc(C3CC3)n2C)cc1C. The molecule has 0 radical (unpaired) electrons. The normalized spacial score (nSPS) is 14.1. The van der Waals surface area contributed by atoms with Gasteiger partial charge in [0.1, 0.15) is 5.82 Å². The first-order valence-corrected chi connectivity index (χ1v) is 8.42. The Hall–Kier alpha value is -1.82. The average molecular weight is 316 g/mol. The van der Waals surface area contributed by atoms with Gasteiger partial charge in [-0.15, -0.1) is 10.2 Å². The molecule has 1 saturated carbocycles. The zero-order valence-electron chi connectivity index (χ0n) is 13.1. The summed E-state index contributed by atoms with van der Waals surface area (Å²) in [6.07, 6.45) is 2.40. The molecule has 116 valence electrons. The van der Waals surface area contributed by atoms with Crippen LogP contribution in [0.2, 0.25) is 0 Å². The van der Waals surface area contributed by atoms with Crippen molar-refractivity contribution >= 4 is 23.4 Å². The fraction of sp³-hybridized carbons (Fsp3) is 0.438. The Labute approximate surface area is 134 Å². The minimum absolute atomic E-state index is 0.0239. The maximum Gasteiger partial charge on any atom is 0.234 e. The lowest BCUT2D eigenvalue weighted by atomic mass is 10.1. The molecule has 1 aromatic carbocycles. The van der Waals surface area contributed by atoms with Crippen LogP contribution in [-0.2, 0) is 11.8 Å². The molecule has 1 fully saturated rings. The lowest BCUT2D eigenvalue weighted by molar-refractivity contribution is -0.113. The number of nitrogens with zero attached hydrogens (tertiary/aromatic N) is 3. The summed E-state index contributed by atoms with van der Waals surface area (Å²) in [7, 11) is 1.97. The van der Waals surface area contributed by atoms with Crippen LogP contribution in [0.4, 0.5) is 5.69 Å². The summed E-state index contributed by atoms with van der Waals surface area (Å²) < 4.78 is 2.01. The first-order valence-electron chi connectivity index (χ1n) is 7.44. The molecule has 6 heteroatoms. The van der Waals surface area contributed by atoms with Crippen molar-refractivity contribution in [3.63, 3.8) is 0 Å². The number of carbonyl (C=O) groups is 1. The molecular formula is C16H20N4OS. The topological polar surface area (TPSA) is 59.8 Å². The van der Waals surface area contributed by atoms with Crippen LogP contribution in [0.25, 0.3) is 0 Å². The standard InChI is InChI=1S/C16H20N4OS/c1-10-4-7-13(8-11(10)2)17-14(21)9-22-16-19-18-15(20(16)3)12-5-6-12/h4,7-8,12H,5-6,9H2,1-3H3,(H,17,21). The maximum atomic E-state index is 12.1. The van der Waals surface area contributed by atoms with E-state index in [2.05, 4.69) is 22.4 Å². The third-order valence-corrected chi connectivity index (χ3v) is 4.95. The van der Waals surface area contributed by atoms with E-state index in [0.717, 1.165) is 16.7 Å². The van der Waals surface area contributed by atoms with Crippen LogP contribution in [0.3, 0.4) is 0 Å². The van der Waals surface area contributed by atoms with E-state index in [-0.39, 0.29) is 5.91 Å². The Bertz CT molecular complexity index is 706. The number of amides is 1. The zero-order chi connectivity index (χ0) is 15.7. The molecule has 0 saturated heterocycles. The Morgan fingerprint density at radius 3 is 2.77 bits per heavy atom. The average Bonchev–Trinajstić information content (AvgIpc) is 3.25. The van der Waals surface area contributed by atoms with Crippen LogP contribution in [0.15, 0.2) is 23.4 Å². The summed E-state index contributed by atoms with van der Waals surface area (Å²) >= 11 is 1.43. The number of thioether (sulfide) groups is 1. The molecule has 0 atom stereocenters. The van der Waals surface area contributed by atoms with Crippen LogP contribution in [0.1, 0.15) is 35.7 Å². The van der Waals surface area contributed by atoms with Gasteiger partial charge in [0.05, 0.1) is 5.75 Å². The Kier molecular flexibility index (Phi) is 4.20. The summed E-state index contributed by atoms with van der Waals surface area (Å²) in [6.45, 7) is 4.10. The van der Waals surface area contributed by atoms with Gasteiger partial charge in [-0.1, -0.05) is 17.8 Å². The summed E-state index contributed by atoms with van der Waals surface area (Å²) in [5.41, 5.74) is 3.23. The van der Waals surface area contributed by atoms with Crippen molar-refractivity contribution in [2.24, 2.45) is 7.05 Å². The van der Waals surface area contributed by atoms with Crippen LogP contribution in [-0.4, -0.2) is 26.4 Å². The molecule has 1 heterocycles. The highest BCUT2D eigenvalue weighted by atomic mass is 32.2. The van der Waals surface area contributed by atoms with Gasteiger partial charge in [0.25, 0.3) is 0 Å². The summed E-state index contributed by atoms with van der Waals surface area (Å²) in [5.74, 6) is 1.92. The van der Waals surface area contributed by atoms with Gasteiger partial charge in [-0.2, -0.15) is 0 Å². The van der Waals surface area contributed by atoms with E-state index in [1.54, 1.807) is 0 Å². The molecule has 0 spiro atoms. The van der Waals surface area contributed by atoms with Crippen molar-refractivity contribution in [3.05, 3.63) is 35.2 Å². The van der Waals surface area contributed by atoms with Gasteiger partial charge >= 0.3 is 0 Å². The van der Waals surface area contributed by atoms with E-state index in [9.17, 15) is 4.79 Å². The highest BCUT2D eigenvalue weighted by Crippen LogP contribution is 2.39. The number of nitrogens with one attached hydrogen (secondary N) is 1.